The zero-order chi connectivity index (χ0) is 18.0. The first-order valence-electron chi connectivity index (χ1n) is 8.63. The van der Waals surface area contributed by atoms with Crippen molar-refractivity contribution in [2.75, 3.05) is 25.0 Å². The molecule has 0 aromatic heterocycles. The monoisotopic (exact) mass is 345 g/mol. The van der Waals surface area contributed by atoms with E-state index in [0.717, 1.165) is 24.9 Å². The van der Waals surface area contributed by atoms with Gasteiger partial charge in [-0.2, -0.15) is 0 Å². The Balaban J connectivity index is 1.79. The fourth-order valence-electron chi connectivity index (χ4n) is 3.72. The lowest BCUT2D eigenvalue weighted by Gasteiger charge is -2.41. The van der Waals surface area contributed by atoms with Crippen LogP contribution in [0.2, 0.25) is 0 Å². The average molecular weight is 345 g/mol. The van der Waals surface area contributed by atoms with Crippen molar-refractivity contribution in [2.45, 2.75) is 37.6 Å². The summed E-state index contributed by atoms with van der Waals surface area (Å²) in [5.74, 6) is -1.24. The van der Waals surface area contributed by atoms with Crippen molar-refractivity contribution in [3.05, 3.63) is 29.8 Å². The molecule has 1 saturated heterocycles. The van der Waals surface area contributed by atoms with Gasteiger partial charge in [0.2, 0.25) is 0 Å². The van der Waals surface area contributed by atoms with E-state index < -0.39 is 11.5 Å². The number of hydrogen-bond acceptors (Lipinski definition) is 3. The molecule has 0 spiro atoms. The number of amides is 3. The van der Waals surface area contributed by atoms with Crippen LogP contribution in [0.5, 0.6) is 0 Å². The molecule has 134 valence electrons. The molecule has 1 aliphatic carbocycles. The van der Waals surface area contributed by atoms with Gasteiger partial charge >= 0.3 is 12.0 Å². The number of urea groups is 1. The number of rotatable bonds is 4. The van der Waals surface area contributed by atoms with E-state index in [1.807, 2.05) is 0 Å². The molecule has 7 heteroatoms. The Morgan fingerprint density at radius 3 is 2.32 bits per heavy atom. The standard InChI is InChI=1S/C18H23N3O4/c1-20(18(16(23)24)9-3-2-4-10-18)15(22)13-5-7-14(8-6-13)21-12-11-19-17(21)25/h5-8H,2-4,9-12H2,1H3,(H,19,25)(H,23,24). The predicted octanol–water partition coefficient (Wildman–Crippen LogP) is 2.08. The molecule has 2 N–H and O–H groups in total. The molecule has 1 saturated carbocycles. The van der Waals surface area contributed by atoms with Crippen LogP contribution >= 0.6 is 0 Å². The summed E-state index contributed by atoms with van der Waals surface area (Å²) in [6.45, 7) is 1.19. The number of carboxylic acids is 1. The fraction of sp³-hybridized carbons (Fsp3) is 0.500. The first-order valence-corrected chi connectivity index (χ1v) is 8.63. The van der Waals surface area contributed by atoms with Gasteiger partial charge in [-0.15, -0.1) is 0 Å². The van der Waals surface area contributed by atoms with Crippen LogP contribution in [0.3, 0.4) is 0 Å². The van der Waals surface area contributed by atoms with Crippen LogP contribution in [0.4, 0.5) is 10.5 Å². The zero-order valence-electron chi connectivity index (χ0n) is 14.3. The van der Waals surface area contributed by atoms with E-state index in [1.54, 1.807) is 36.2 Å². The Bertz CT molecular complexity index is 680. The topological polar surface area (TPSA) is 90.0 Å². The van der Waals surface area contributed by atoms with E-state index in [1.165, 1.54) is 4.90 Å². The summed E-state index contributed by atoms with van der Waals surface area (Å²) in [5.41, 5.74) is 0.0277. The first kappa shape index (κ1) is 17.3. The lowest BCUT2D eigenvalue weighted by molar-refractivity contribution is -0.151. The normalized spacial score (nSPS) is 19.4. The largest absolute Gasteiger partial charge is 0.479 e. The molecule has 0 bridgehead atoms. The van der Waals surface area contributed by atoms with Crippen LogP contribution in [0.25, 0.3) is 0 Å². The smallest absolute Gasteiger partial charge is 0.329 e. The van der Waals surface area contributed by atoms with Crippen LogP contribution in [-0.4, -0.2) is 53.6 Å². The van der Waals surface area contributed by atoms with E-state index in [4.69, 9.17) is 0 Å². The van der Waals surface area contributed by atoms with E-state index in [2.05, 4.69) is 5.32 Å². The highest BCUT2D eigenvalue weighted by molar-refractivity contribution is 5.99. The quantitative estimate of drug-likeness (QED) is 0.874. The number of anilines is 1. The van der Waals surface area contributed by atoms with Gasteiger partial charge in [0.15, 0.2) is 0 Å². The molecule has 3 amide bonds. The minimum absolute atomic E-state index is 0.150. The third-order valence-electron chi connectivity index (χ3n) is 5.31. The number of aliphatic carboxylic acids is 1. The first-order chi connectivity index (χ1) is 12.0. The van der Waals surface area contributed by atoms with Crippen molar-refractivity contribution in [1.82, 2.24) is 10.2 Å². The van der Waals surface area contributed by atoms with Crippen molar-refractivity contribution in [1.29, 1.82) is 0 Å². The van der Waals surface area contributed by atoms with Crippen molar-refractivity contribution >= 4 is 23.6 Å². The molecule has 1 aromatic carbocycles. The van der Waals surface area contributed by atoms with Crippen LogP contribution in [0.1, 0.15) is 42.5 Å². The maximum absolute atomic E-state index is 12.8. The molecule has 7 nitrogen and oxygen atoms in total. The third-order valence-corrected chi connectivity index (χ3v) is 5.31. The van der Waals surface area contributed by atoms with E-state index in [0.29, 0.717) is 31.5 Å². The molecular weight excluding hydrogens is 322 g/mol. The highest BCUT2D eigenvalue weighted by Gasteiger charge is 2.45. The van der Waals surface area contributed by atoms with Gasteiger partial charge in [0.05, 0.1) is 0 Å². The summed E-state index contributed by atoms with van der Waals surface area (Å²) in [6.07, 6.45) is 3.59. The second-order valence-electron chi connectivity index (χ2n) is 6.69. The number of nitrogens with one attached hydrogen (secondary N) is 1. The predicted molar refractivity (Wildman–Crippen MR) is 92.7 cm³/mol. The van der Waals surface area contributed by atoms with E-state index >= 15 is 0 Å². The number of hydrogen-bond donors (Lipinski definition) is 2. The van der Waals surface area contributed by atoms with E-state index in [-0.39, 0.29) is 11.9 Å². The average Bonchev–Trinajstić information content (AvgIpc) is 3.07. The summed E-state index contributed by atoms with van der Waals surface area (Å²) >= 11 is 0. The number of carbonyl (C=O) groups excluding carboxylic acids is 2. The number of nitrogens with zero attached hydrogens (tertiary/aromatic N) is 2. The Hall–Kier alpha value is -2.57. The van der Waals surface area contributed by atoms with Crippen molar-refractivity contribution < 1.29 is 19.5 Å². The van der Waals surface area contributed by atoms with Gasteiger partial charge in [0.1, 0.15) is 5.54 Å². The van der Waals surface area contributed by atoms with Crippen LogP contribution in [0, 0.1) is 0 Å². The summed E-state index contributed by atoms with van der Waals surface area (Å²) < 4.78 is 0. The summed E-state index contributed by atoms with van der Waals surface area (Å²) in [4.78, 5) is 39.4. The summed E-state index contributed by atoms with van der Waals surface area (Å²) in [6, 6.07) is 6.60. The van der Waals surface area contributed by atoms with Crippen molar-refractivity contribution in [3.63, 3.8) is 0 Å². The number of carboxylic acid groups (broad SMARTS) is 1. The van der Waals surface area contributed by atoms with Gasteiger partial charge in [0, 0.05) is 31.4 Å². The van der Waals surface area contributed by atoms with Crippen molar-refractivity contribution in [3.8, 4) is 0 Å². The molecule has 1 aliphatic heterocycles. The van der Waals surface area contributed by atoms with Crippen LogP contribution in [-0.2, 0) is 4.79 Å². The molecule has 2 fully saturated rings. The second kappa shape index (κ2) is 6.74. The highest BCUT2D eigenvalue weighted by atomic mass is 16.4. The molecule has 2 aliphatic rings. The Morgan fingerprint density at radius 1 is 1.16 bits per heavy atom. The maximum atomic E-state index is 12.8. The van der Waals surface area contributed by atoms with Gasteiger partial charge in [-0.3, -0.25) is 9.69 Å². The van der Waals surface area contributed by atoms with E-state index in [9.17, 15) is 19.5 Å². The van der Waals surface area contributed by atoms with Crippen molar-refractivity contribution in [2.24, 2.45) is 0 Å². The number of likely N-dealkylation sites (N-methyl/N-ethyl adjacent to an activating group) is 1. The minimum Gasteiger partial charge on any atom is -0.479 e. The highest BCUT2D eigenvalue weighted by Crippen LogP contribution is 2.34. The van der Waals surface area contributed by atoms with Gasteiger partial charge in [-0.1, -0.05) is 19.3 Å². The van der Waals surface area contributed by atoms with Gasteiger partial charge in [-0.25, -0.2) is 9.59 Å². The molecule has 0 atom stereocenters. The van der Waals surface area contributed by atoms with Gasteiger partial charge in [0.25, 0.3) is 5.91 Å². The Morgan fingerprint density at radius 2 is 1.80 bits per heavy atom. The molecule has 1 aromatic rings. The third kappa shape index (κ3) is 3.06. The molecule has 0 unspecified atom stereocenters. The van der Waals surface area contributed by atoms with Gasteiger partial charge < -0.3 is 15.3 Å². The molecular formula is C18H23N3O4. The molecule has 25 heavy (non-hydrogen) atoms. The SMILES string of the molecule is CN(C(=O)c1ccc(N2CCNC2=O)cc1)C1(C(=O)O)CCCCC1. The minimum atomic E-state index is -1.12. The number of carbonyl (C=O) groups is 3. The lowest BCUT2D eigenvalue weighted by atomic mass is 9.80. The summed E-state index contributed by atoms with van der Waals surface area (Å²) in [7, 11) is 1.57. The lowest BCUT2D eigenvalue weighted by Crippen LogP contribution is -2.56. The molecule has 0 radical (unpaired) electrons. The Kier molecular flexibility index (Phi) is 4.65. The second-order valence-corrected chi connectivity index (χ2v) is 6.69. The van der Waals surface area contributed by atoms with Crippen LogP contribution < -0.4 is 10.2 Å². The van der Waals surface area contributed by atoms with Crippen LogP contribution in [0.15, 0.2) is 24.3 Å². The molecule has 3 rings (SSSR count). The fourth-order valence-corrected chi connectivity index (χ4v) is 3.72. The maximum Gasteiger partial charge on any atom is 0.329 e. The van der Waals surface area contributed by atoms with Gasteiger partial charge in [-0.05, 0) is 37.1 Å². The Labute approximate surface area is 146 Å². The summed E-state index contributed by atoms with van der Waals surface area (Å²) in [5, 5.41) is 12.5. The zero-order valence-corrected chi connectivity index (χ0v) is 14.3. The molecule has 1 heterocycles. The number of benzene rings is 1.